The Balaban J connectivity index is 2.54. The molecule has 0 N–H and O–H groups in total. The quantitative estimate of drug-likeness (QED) is 0.417. The second-order valence-corrected chi connectivity index (χ2v) is 4.89. The second kappa shape index (κ2) is 3.49. The maximum absolute atomic E-state index is 11.1. The van der Waals surface area contributed by atoms with Crippen molar-refractivity contribution in [2.75, 3.05) is 13.7 Å². The lowest BCUT2D eigenvalue weighted by Crippen LogP contribution is -2.14. The van der Waals surface area contributed by atoms with E-state index >= 15 is 0 Å². The van der Waals surface area contributed by atoms with Gasteiger partial charge in [0.2, 0.25) is 0 Å². The number of hydrogen-bond donors (Lipinski definition) is 0. The molecule has 0 aromatic rings. The number of hydrogen-bond acceptors (Lipinski definition) is 4. The van der Waals surface area contributed by atoms with Crippen molar-refractivity contribution in [1.29, 1.82) is 0 Å². The number of alkyl halides is 1. The first kappa shape index (κ1) is 8.93. The average Bonchev–Trinajstić information content (AvgIpc) is 1.88. The largest absolute Gasteiger partial charge is 0.475 e. The number of phosphoric ester groups is 1. The molecule has 0 aromatic carbocycles. The highest BCUT2D eigenvalue weighted by molar-refractivity contribution is 14.1. The molecule has 6 heteroatoms. The van der Waals surface area contributed by atoms with Gasteiger partial charge in [-0.15, -0.1) is 0 Å². The highest BCUT2D eigenvalue weighted by atomic mass is 127. The molecule has 0 aliphatic carbocycles. The fourth-order valence-electron chi connectivity index (χ4n) is 0.576. The van der Waals surface area contributed by atoms with E-state index in [1.54, 1.807) is 0 Å². The molecule has 1 heterocycles. The summed E-state index contributed by atoms with van der Waals surface area (Å²) in [4.78, 5) is 0. The molecular weight excluding hydrogens is 270 g/mol. The lowest BCUT2D eigenvalue weighted by Gasteiger charge is -2.23. The Kier molecular flexibility index (Phi) is 3.12. The summed E-state index contributed by atoms with van der Waals surface area (Å²) >= 11 is 2.05. The van der Waals surface area contributed by atoms with E-state index in [1.807, 2.05) is 0 Å². The average molecular weight is 278 g/mol. The number of phosphoric acid groups is 1. The van der Waals surface area contributed by atoms with Gasteiger partial charge in [-0.1, -0.05) is 22.6 Å². The molecule has 1 aliphatic heterocycles. The predicted molar refractivity (Wildman–Crippen MR) is 44.1 cm³/mol. The van der Waals surface area contributed by atoms with E-state index in [2.05, 4.69) is 27.1 Å². The molecule has 1 aliphatic rings. The first-order valence-corrected chi connectivity index (χ1v) is 5.50. The molecule has 1 fully saturated rings. The van der Waals surface area contributed by atoms with Crippen LogP contribution in [0.1, 0.15) is 6.42 Å². The minimum atomic E-state index is -3.16. The summed E-state index contributed by atoms with van der Waals surface area (Å²) in [6.07, 6.45) is 0.758. The monoisotopic (exact) mass is 278 g/mol. The number of rotatable bonds is 1. The first-order chi connectivity index (χ1) is 4.66. The van der Waals surface area contributed by atoms with Crippen LogP contribution in [0.2, 0.25) is 0 Å². The summed E-state index contributed by atoms with van der Waals surface area (Å²) in [7, 11) is -1.84. The van der Waals surface area contributed by atoms with Crippen molar-refractivity contribution in [1.82, 2.24) is 0 Å². The van der Waals surface area contributed by atoms with Gasteiger partial charge >= 0.3 is 7.82 Å². The van der Waals surface area contributed by atoms with Crippen LogP contribution in [-0.4, -0.2) is 17.8 Å². The normalized spacial score (nSPS) is 41.6. The molecule has 1 saturated heterocycles. The van der Waals surface area contributed by atoms with Crippen molar-refractivity contribution >= 4 is 30.4 Å². The Morgan fingerprint density at radius 2 is 2.50 bits per heavy atom. The van der Waals surface area contributed by atoms with E-state index in [0.717, 1.165) is 6.42 Å². The van der Waals surface area contributed by atoms with E-state index in [9.17, 15) is 4.57 Å². The van der Waals surface area contributed by atoms with E-state index in [0.29, 0.717) is 6.61 Å². The molecule has 0 aromatic heterocycles. The zero-order chi connectivity index (χ0) is 7.61. The molecule has 0 spiro atoms. The predicted octanol–water partition coefficient (Wildman–Crippen LogP) is 1.94. The van der Waals surface area contributed by atoms with Crippen LogP contribution in [0, 0.1) is 0 Å². The molecule has 4 nitrogen and oxygen atoms in total. The van der Waals surface area contributed by atoms with Crippen LogP contribution in [0.3, 0.4) is 0 Å². The third kappa shape index (κ3) is 2.17. The molecule has 0 radical (unpaired) electrons. The van der Waals surface area contributed by atoms with Gasteiger partial charge < -0.3 is 0 Å². The second-order valence-electron chi connectivity index (χ2n) is 1.77. The zero-order valence-corrected chi connectivity index (χ0v) is 8.50. The van der Waals surface area contributed by atoms with Crippen molar-refractivity contribution in [2.24, 2.45) is 0 Å². The van der Waals surface area contributed by atoms with Crippen LogP contribution < -0.4 is 0 Å². The summed E-state index contributed by atoms with van der Waals surface area (Å²) in [6, 6.07) is 0. The van der Waals surface area contributed by atoms with Crippen molar-refractivity contribution in [3.05, 3.63) is 0 Å². The molecule has 2 unspecified atom stereocenters. The highest BCUT2D eigenvalue weighted by Crippen LogP contribution is 2.53. The van der Waals surface area contributed by atoms with E-state index in [-0.39, 0.29) is 4.11 Å². The standard InChI is InChI=1S/C4H8IO4P/c1-7-10(6)8-3-2-4(5)9-10/h4H,2-3H2,1H3. The van der Waals surface area contributed by atoms with E-state index in [1.165, 1.54) is 7.11 Å². The van der Waals surface area contributed by atoms with Crippen molar-refractivity contribution in [3.8, 4) is 0 Å². The Morgan fingerprint density at radius 3 is 2.90 bits per heavy atom. The Bertz CT molecular complexity index is 161. The van der Waals surface area contributed by atoms with Gasteiger partial charge in [-0.05, 0) is 0 Å². The maximum atomic E-state index is 11.1. The van der Waals surface area contributed by atoms with Crippen LogP contribution in [0.25, 0.3) is 0 Å². The van der Waals surface area contributed by atoms with Gasteiger partial charge in [-0.3, -0.25) is 13.6 Å². The van der Waals surface area contributed by atoms with E-state index in [4.69, 9.17) is 9.05 Å². The van der Waals surface area contributed by atoms with Gasteiger partial charge in [0.1, 0.15) is 4.11 Å². The summed E-state index contributed by atoms with van der Waals surface area (Å²) in [5.41, 5.74) is 0. The van der Waals surface area contributed by atoms with Crippen LogP contribution in [0.15, 0.2) is 0 Å². The molecule has 2 atom stereocenters. The van der Waals surface area contributed by atoms with Gasteiger partial charge in [0.25, 0.3) is 0 Å². The van der Waals surface area contributed by atoms with Crippen LogP contribution in [-0.2, 0) is 18.1 Å². The lowest BCUT2D eigenvalue weighted by molar-refractivity contribution is 0.0805. The third-order valence-corrected chi connectivity index (χ3v) is 3.80. The Labute approximate surface area is 73.0 Å². The minimum Gasteiger partial charge on any atom is -0.290 e. The minimum absolute atomic E-state index is 0.0582. The van der Waals surface area contributed by atoms with Crippen molar-refractivity contribution in [3.63, 3.8) is 0 Å². The van der Waals surface area contributed by atoms with Gasteiger partial charge in [-0.2, -0.15) is 0 Å². The molecular formula is C4H8IO4P. The summed E-state index contributed by atoms with van der Waals surface area (Å²) in [5.74, 6) is 0. The van der Waals surface area contributed by atoms with Crippen molar-refractivity contribution < 1.29 is 18.1 Å². The van der Waals surface area contributed by atoms with Crippen LogP contribution >= 0.6 is 30.4 Å². The third-order valence-electron chi connectivity index (χ3n) is 1.06. The first-order valence-electron chi connectivity index (χ1n) is 2.79. The zero-order valence-electron chi connectivity index (χ0n) is 5.45. The number of halogens is 1. The summed E-state index contributed by atoms with van der Waals surface area (Å²) < 4.78 is 25.4. The highest BCUT2D eigenvalue weighted by Gasteiger charge is 2.32. The lowest BCUT2D eigenvalue weighted by atomic mass is 10.5. The smallest absolute Gasteiger partial charge is 0.290 e. The molecule has 10 heavy (non-hydrogen) atoms. The summed E-state index contributed by atoms with van der Waals surface area (Å²) in [6.45, 7) is 0.443. The fraction of sp³-hybridized carbons (Fsp3) is 1.00. The topological polar surface area (TPSA) is 44.8 Å². The Hall–Kier alpha value is 0.840. The molecule has 0 bridgehead atoms. The maximum Gasteiger partial charge on any atom is 0.475 e. The molecule has 60 valence electrons. The van der Waals surface area contributed by atoms with E-state index < -0.39 is 7.82 Å². The SMILES string of the molecule is COP1(=O)OCCC(I)O1. The summed E-state index contributed by atoms with van der Waals surface area (Å²) in [5, 5.41) is 0. The molecule has 1 rings (SSSR count). The van der Waals surface area contributed by atoms with Crippen LogP contribution in [0.5, 0.6) is 0 Å². The fourth-order valence-corrected chi connectivity index (χ4v) is 2.63. The van der Waals surface area contributed by atoms with Crippen molar-refractivity contribution in [2.45, 2.75) is 10.5 Å². The van der Waals surface area contributed by atoms with Gasteiger partial charge in [0.15, 0.2) is 0 Å². The van der Waals surface area contributed by atoms with Gasteiger partial charge in [0.05, 0.1) is 6.61 Å². The van der Waals surface area contributed by atoms with Gasteiger partial charge in [-0.25, -0.2) is 4.57 Å². The molecule has 0 amide bonds. The van der Waals surface area contributed by atoms with Crippen LogP contribution in [0.4, 0.5) is 0 Å². The van der Waals surface area contributed by atoms with Gasteiger partial charge in [0, 0.05) is 13.5 Å². The Morgan fingerprint density at radius 1 is 1.80 bits per heavy atom. The molecule has 0 saturated carbocycles.